The highest BCUT2D eigenvalue weighted by Crippen LogP contribution is 2.32. The molecule has 1 saturated carbocycles. The Kier molecular flexibility index (Phi) is 2.86. The van der Waals surface area contributed by atoms with E-state index in [1.807, 2.05) is 6.07 Å². The molecule has 3 heteroatoms. The Labute approximate surface area is 88.3 Å². The third-order valence-corrected chi connectivity index (χ3v) is 2.49. The molecule has 0 N–H and O–H groups in total. The summed E-state index contributed by atoms with van der Waals surface area (Å²) in [6.07, 6.45) is 3.60. The zero-order chi connectivity index (χ0) is 10.7. The number of halogens is 1. The van der Waals surface area contributed by atoms with Crippen molar-refractivity contribution in [3.63, 3.8) is 0 Å². The second-order valence-corrected chi connectivity index (χ2v) is 3.87. The SMILES string of the molecule is N#Cc1cc(F)cc(OCCC2CC2)c1. The van der Waals surface area contributed by atoms with E-state index in [4.69, 9.17) is 10.00 Å². The molecule has 0 bridgehead atoms. The molecule has 78 valence electrons. The molecule has 0 radical (unpaired) electrons. The van der Waals surface area contributed by atoms with Crippen LogP contribution < -0.4 is 4.74 Å². The van der Waals surface area contributed by atoms with E-state index in [9.17, 15) is 4.39 Å². The van der Waals surface area contributed by atoms with Crippen LogP contribution in [0.4, 0.5) is 4.39 Å². The van der Waals surface area contributed by atoms with E-state index in [0.29, 0.717) is 17.9 Å². The van der Waals surface area contributed by atoms with Crippen molar-refractivity contribution in [3.8, 4) is 11.8 Å². The number of hydrogen-bond donors (Lipinski definition) is 0. The molecular weight excluding hydrogens is 193 g/mol. The van der Waals surface area contributed by atoms with Crippen LogP contribution in [0.25, 0.3) is 0 Å². The first kappa shape index (κ1) is 9.97. The molecule has 15 heavy (non-hydrogen) atoms. The smallest absolute Gasteiger partial charge is 0.128 e. The maximum absolute atomic E-state index is 13.0. The minimum atomic E-state index is -0.421. The standard InChI is InChI=1S/C12H12FNO/c13-11-5-10(8-14)6-12(7-11)15-4-3-9-1-2-9/h5-7,9H,1-4H2. The van der Waals surface area contributed by atoms with Crippen LogP contribution in [-0.2, 0) is 0 Å². The Bertz CT molecular complexity index is 393. The van der Waals surface area contributed by atoms with E-state index in [1.165, 1.54) is 25.0 Å². The molecule has 0 spiro atoms. The van der Waals surface area contributed by atoms with E-state index in [0.717, 1.165) is 12.3 Å². The largest absolute Gasteiger partial charge is 0.493 e. The zero-order valence-electron chi connectivity index (χ0n) is 8.37. The predicted octanol–water partition coefficient (Wildman–Crippen LogP) is 2.88. The number of ether oxygens (including phenoxy) is 1. The van der Waals surface area contributed by atoms with Gasteiger partial charge < -0.3 is 4.74 Å². The number of hydrogen-bond acceptors (Lipinski definition) is 2. The first-order chi connectivity index (χ1) is 7.28. The summed E-state index contributed by atoms with van der Waals surface area (Å²) in [6, 6.07) is 5.98. The average molecular weight is 205 g/mol. The predicted molar refractivity (Wildman–Crippen MR) is 54.0 cm³/mol. The van der Waals surface area contributed by atoms with Crippen LogP contribution in [0.2, 0.25) is 0 Å². The number of nitrogens with zero attached hydrogens (tertiary/aromatic N) is 1. The van der Waals surface area contributed by atoms with Gasteiger partial charge in [0, 0.05) is 6.07 Å². The Morgan fingerprint density at radius 2 is 2.20 bits per heavy atom. The van der Waals surface area contributed by atoms with Crippen molar-refractivity contribution in [3.05, 3.63) is 29.6 Å². The number of rotatable bonds is 4. The quantitative estimate of drug-likeness (QED) is 0.757. The van der Waals surface area contributed by atoms with Gasteiger partial charge in [-0.25, -0.2) is 4.39 Å². The fourth-order valence-electron chi connectivity index (χ4n) is 1.46. The lowest BCUT2D eigenvalue weighted by atomic mass is 10.2. The minimum Gasteiger partial charge on any atom is -0.493 e. The van der Waals surface area contributed by atoms with Crippen LogP contribution in [0.3, 0.4) is 0 Å². The lowest BCUT2D eigenvalue weighted by Crippen LogP contribution is -1.98. The van der Waals surface area contributed by atoms with Gasteiger partial charge in [0.25, 0.3) is 0 Å². The molecule has 0 amide bonds. The van der Waals surface area contributed by atoms with Gasteiger partial charge >= 0.3 is 0 Å². The second kappa shape index (κ2) is 4.31. The van der Waals surface area contributed by atoms with E-state index < -0.39 is 5.82 Å². The lowest BCUT2D eigenvalue weighted by Gasteiger charge is -2.05. The van der Waals surface area contributed by atoms with Crippen molar-refractivity contribution < 1.29 is 9.13 Å². The van der Waals surface area contributed by atoms with Gasteiger partial charge in [0.05, 0.1) is 18.2 Å². The topological polar surface area (TPSA) is 33.0 Å². The van der Waals surface area contributed by atoms with Crippen LogP contribution in [0, 0.1) is 23.1 Å². The molecule has 1 aliphatic carbocycles. The first-order valence-electron chi connectivity index (χ1n) is 5.11. The molecule has 0 atom stereocenters. The third kappa shape index (κ3) is 2.95. The summed E-state index contributed by atoms with van der Waals surface area (Å²) < 4.78 is 18.4. The summed E-state index contributed by atoms with van der Waals surface area (Å²) in [5, 5.41) is 8.64. The maximum atomic E-state index is 13.0. The highest BCUT2D eigenvalue weighted by atomic mass is 19.1. The van der Waals surface area contributed by atoms with Crippen molar-refractivity contribution in [1.82, 2.24) is 0 Å². The van der Waals surface area contributed by atoms with Gasteiger partial charge in [0.15, 0.2) is 0 Å². The van der Waals surface area contributed by atoms with Gasteiger partial charge in [-0.3, -0.25) is 0 Å². The van der Waals surface area contributed by atoms with Crippen molar-refractivity contribution in [2.45, 2.75) is 19.3 Å². The van der Waals surface area contributed by atoms with Gasteiger partial charge in [-0.15, -0.1) is 0 Å². The highest BCUT2D eigenvalue weighted by molar-refractivity contribution is 5.36. The fraction of sp³-hybridized carbons (Fsp3) is 0.417. The summed E-state index contributed by atoms with van der Waals surface area (Å²) in [4.78, 5) is 0. The molecule has 0 unspecified atom stereocenters. The summed E-state index contributed by atoms with van der Waals surface area (Å²) in [5.74, 6) is 0.830. The fourth-order valence-corrected chi connectivity index (χ4v) is 1.46. The zero-order valence-corrected chi connectivity index (χ0v) is 8.37. The number of benzene rings is 1. The molecule has 0 aliphatic heterocycles. The van der Waals surface area contributed by atoms with Crippen LogP contribution in [-0.4, -0.2) is 6.61 Å². The Balaban J connectivity index is 1.94. The van der Waals surface area contributed by atoms with Gasteiger partial charge in [-0.1, -0.05) is 12.8 Å². The average Bonchev–Trinajstić information content (AvgIpc) is 3.01. The number of nitriles is 1. The molecule has 2 nitrogen and oxygen atoms in total. The summed E-state index contributed by atoms with van der Waals surface area (Å²) in [6.45, 7) is 0.610. The van der Waals surface area contributed by atoms with Crippen LogP contribution in [0.1, 0.15) is 24.8 Å². The van der Waals surface area contributed by atoms with Crippen molar-refractivity contribution in [1.29, 1.82) is 5.26 Å². The first-order valence-corrected chi connectivity index (χ1v) is 5.11. The molecule has 1 aromatic rings. The van der Waals surface area contributed by atoms with Crippen LogP contribution in [0.5, 0.6) is 5.75 Å². The van der Waals surface area contributed by atoms with E-state index in [2.05, 4.69) is 0 Å². The maximum Gasteiger partial charge on any atom is 0.128 e. The monoisotopic (exact) mass is 205 g/mol. The van der Waals surface area contributed by atoms with Crippen molar-refractivity contribution >= 4 is 0 Å². The van der Waals surface area contributed by atoms with Crippen LogP contribution >= 0.6 is 0 Å². The van der Waals surface area contributed by atoms with E-state index in [-0.39, 0.29) is 0 Å². The Hall–Kier alpha value is -1.56. The lowest BCUT2D eigenvalue weighted by molar-refractivity contribution is 0.301. The molecule has 1 fully saturated rings. The van der Waals surface area contributed by atoms with Crippen LogP contribution in [0.15, 0.2) is 18.2 Å². The Morgan fingerprint density at radius 3 is 2.87 bits per heavy atom. The summed E-state index contributed by atoms with van der Waals surface area (Å²) in [7, 11) is 0. The van der Waals surface area contributed by atoms with E-state index >= 15 is 0 Å². The summed E-state index contributed by atoms with van der Waals surface area (Å²) >= 11 is 0. The van der Waals surface area contributed by atoms with Gasteiger partial charge in [0.2, 0.25) is 0 Å². The van der Waals surface area contributed by atoms with Gasteiger partial charge in [0.1, 0.15) is 11.6 Å². The van der Waals surface area contributed by atoms with Crippen molar-refractivity contribution in [2.75, 3.05) is 6.61 Å². The molecule has 0 heterocycles. The van der Waals surface area contributed by atoms with Gasteiger partial charge in [-0.2, -0.15) is 5.26 Å². The molecule has 2 rings (SSSR count). The molecular formula is C12H12FNO. The normalized spacial score (nSPS) is 14.7. The molecule has 1 aliphatic rings. The third-order valence-electron chi connectivity index (χ3n) is 2.49. The Morgan fingerprint density at radius 1 is 1.40 bits per heavy atom. The second-order valence-electron chi connectivity index (χ2n) is 3.87. The minimum absolute atomic E-state index is 0.302. The molecule has 0 saturated heterocycles. The highest BCUT2D eigenvalue weighted by Gasteiger charge is 2.20. The van der Waals surface area contributed by atoms with E-state index in [1.54, 1.807) is 6.07 Å². The summed E-state index contributed by atoms with van der Waals surface area (Å²) in [5.41, 5.74) is 0.302. The molecule has 0 aromatic heterocycles. The molecule has 1 aromatic carbocycles. The van der Waals surface area contributed by atoms with Crippen molar-refractivity contribution in [2.24, 2.45) is 5.92 Å². The van der Waals surface area contributed by atoms with Gasteiger partial charge in [-0.05, 0) is 24.5 Å².